The molecule has 7 heteroatoms. The Labute approximate surface area is 174 Å². The molecular weight excluding hydrogens is 445 g/mol. The molecule has 0 spiro atoms. The van der Waals surface area contributed by atoms with Crippen molar-refractivity contribution in [1.29, 1.82) is 0 Å². The van der Waals surface area contributed by atoms with Crippen molar-refractivity contribution < 1.29 is 14.2 Å². The first kappa shape index (κ1) is 23.0. The van der Waals surface area contributed by atoms with Crippen molar-refractivity contribution in [3.63, 3.8) is 0 Å². The highest BCUT2D eigenvalue weighted by Crippen LogP contribution is 2.19. The molecule has 1 aromatic carbocycles. The second-order valence-corrected chi connectivity index (χ2v) is 6.20. The molecular formula is C19H32IN3O3. The fourth-order valence-electron chi connectivity index (χ4n) is 2.77. The van der Waals surface area contributed by atoms with Crippen LogP contribution in [0.1, 0.15) is 30.4 Å². The van der Waals surface area contributed by atoms with E-state index in [2.05, 4.69) is 34.7 Å². The molecule has 148 valence electrons. The number of aliphatic imine (C=N–C) groups is 1. The predicted octanol–water partition coefficient (Wildman–Crippen LogP) is 2.87. The summed E-state index contributed by atoms with van der Waals surface area (Å²) in [5.74, 6) is 1.68. The lowest BCUT2D eigenvalue weighted by atomic mass is 10.1. The summed E-state index contributed by atoms with van der Waals surface area (Å²) in [5, 5.41) is 6.64. The van der Waals surface area contributed by atoms with E-state index in [1.807, 2.05) is 6.07 Å². The van der Waals surface area contributed by atoms with E-state index in [4.69, 9.17) is 14.2 Å². The third-order valence-corrected chi connectivity index (χ3v) is 4.25. The molecule has 1 aliphatic rings. The van der Waals surface area contributed by atoms with Crippen molar-refractivity contribution >= 4 is 29.9 Å². The lowest BCUT2D eigenvalue weighted by Gasteiger charge is -2.22. The molecule has 1 fully saturated rings. The van der Waals surface area contributed by atoms with Crippen LogP contribution in [0.4, 0.5) is 0 Å². The molecule has 0 saturated carbocycles. The number of ether oxygens (including phenoxy) is 3. The van der Waals surface area contributed by atoms with Crippen molar-refractivity contribution in [2.75, 3.05) is 40.5 Å². The monoisotopic (exact) mass is 477 g/mol. The largest absolute Gasteiger partial charge is 0.496 e. The zero-order chi connectivity index (χ0) is 17.9. The molecule has 26 heavy (non-hydrogen) atoms. The molecule has 0 amide bonds. The van der Waals surface area contributed by atoms with Gasteiger partial charge >= 0.3 is 0 Å². The number of hydrogen-bond acceptors (Lipinski definition) is 4. The van der Waals surface area contributed by atoms with E-state index in [0.29, 0.717) is 12.6 Å². The average molecular weight is 477 g/mol. The Morgan fingerprint density at radius 2 is 2.04 bits per heavy atom. The van der Waals surface area contributed by atoms with Gasteiger partial charge in [-0.3, -0.25) is 4.99 Å². The van der Waals surface area contributed by atoms with E-state index in [1.54, 1.807) is 14.2 Å². The summed E-state index contributed by atoms with van der Waals surface area (Å²) in [7, 11) is 3.48. The van der Waals surface area contributed by atoms with Gasteiger partial charge in [-0.25, -0.2) is 0 Å². The van der Waals surface area contributed by atoms with E-state index in [1.165, 1.54) is 5.56 Å². The predicted molar refractivity (Wildman–Crippen MR) is 116 cm³/mol. The normalized spacial score (nSPS) is 15.3. The maximum absolute atomic E-state index is 5.87. The van der Waals surface area contributed by atoms with Crippen LogP contribution in [0.5, 0.6) is 5.75 Å². The lowest BCUT2D eigenvalue weighted by Crippen LogP contribution is -2.37. The molecule has 1 aliphatic heterocycles. The zero-order valence-electron chi connectivity index (χ0n) is 16.0. The van der Waals surface area contributed by atoms with Crippen LogP contribution in [0.15, 0.2) is 23.2 Å². The van der Waals surface area contributed by atoms with E-state index >= 15 is 0 Å². The third-order valence-electron chi connectivity index (χ3n) is 4.25. The highest BCUT2D eigenvalue weighted by Gasteiger charge is 2.13. The fraction of sp³-hybridized carbons (Fsp3) is 0.632. The van der Waals surface area contributed by atoms with E-state index < -0.39 is 0 Å². The van der Waals surface area contributed by atoms with E-state index in [-0.39, 0.29) is 24.0 Å². The molecule has 1 saturated heterocycles. The van der Waals surface area contributed by atoms with Gasteiger partial charge in [0.25, 0.3) is 0 Å². The van der Waals surface area contributed by atoms with Gasteiger partial charge in [0.1, 0.15) is 5.75 Å². The molecule has 0 radical (unpaired) electrons. The summed E-state index contributed by atoms with van der Waals surface area (Å²) < 4.78 is 16.6. The molecule has 0 unspecified atom stereocenters. The van der Waals surface area contributed by atoms with Gasteiger partial charge in [-0.1, -0.05) is 12.1 Å². The van der Waals surface area contributed by atoms with Gasteiger partial charge in [-0.05, 0) is 37.8 Å². The summed E-state index contributed by atoms with van der Waals surface area (Å²) in [4.78, 5) is 4.26. The van der Waals surface area contributed by atoms with Crippen molar-refractivity contribution in [2.45, 2.75) is 38.8 Å². The number of hydrogen-bond donors (Lipinski definition) is 2. The van der Waals surface area contributed by atoms with Crippen LogP contribution in [0, 0.1) is 6.92 Å². The molecule has 2 N–H and O–H groups in total. The average Bonchev–Trinajstić information content (AvgIpc) is 2.65. The first-order chi connectivity index (χ1) is 12.2. The molecule has 1 heterocycles. The Kier molecular flexibility index (Phi) is 11.6. The Morgan fingerprint density at radius 1 is 1.27 bits per heavy atom. The van der Waals surface area contributed by atoms with Gasteiger partial charge in [0, 0.05) is 45.5 Å². The number of benzene rings is 1. The van der Waals surface area contributed by atoms with Crippen LogP contribution in [-0.2, 0) is 16.0 Å². The van der Waals surface area contributed by atoms with Crippen LogP contribution >= 0.6 is 24.0 Å². The number of aryl methyl sites for hydroxylation is 1. The second-order valence-electron chi connectivity index (χ2n) is 6.20. The first-order valence-corrected chi connectivity index (χ1v) is 9.00. The van der Waals surface area contributed by atoms with E-state index in [0.717, 1.165) is 62.9 Å². The maximum atomic E-state index is 5.87. The van der Waals surface area contributed by atoms with Crippen molar-refractivity contribution in [3.8, 4) is 5.75 Å². The van der Waals surface area contributed by atoms with Gasteiger partial charge in [-0.15, -0.1) is 24.0 Å². The quantitative estimate of drug-likeness (QED) is 0.261. The van der Waals surface area contributed by atoms with Crippen LogP contribution in [0.25, 0.3) is 0 Å². The Balaban J connectivity index is 0.00000338. The molecule has 0 aromatic heterocycles. The number of guanidine groups is 1. The van der Waals surface area contributed by atoms with Gasteiger partial charge in [0.15, 0.2) is 5.96 Å². The van der Waals surface area contributed by atoms with Crippen molar-refractivity contribution in [1.82, 2.24) is 10.6 Å². The smallest absolute Gasteiger partial charge is 0.191 e. The Morgan fingerprint density at radius 3 is 2.73 bits per heavy atom. The standard InChI is InChI=1S/C19H31N3O3.HI/c1-15-5-6-16(18(13-15)23-3)14-22-19(20-2)21-9-4-10-25-17-7-11-24-12-8-17;/h5-6,13,17H,4,7-12,14H2,1-3H3,(H2,20,21,22);1H. The van der Waals surface area contributed by atoms with Crippen LogP contribution in [0.2, 0.25) is 0 Å². The first-order valence-electron chi connectivity index (χ1n) is 9.00. The van der Waals surface area contributed by atoms with Gasteiger partial charge < -0.3 is 24.8 Å². The highest BCUT2D eigenvalue weighted by molar-refractivity contribution is 14.0. The Hall–Kier alpha value is -1.06. The minimum absolute atomic E-state index is 0. The highest BCUT2D eigenvalue weighted by atomic mass is 127. The third kappa shape index (κ3) is 8.09. The van der Waals surface area contributed by atoms with Gasteiger partial charge in [0.2, 0.25) is 0 Å². The molecule has 2 rings (SSSR count). The van der Waals surface area contributed by atoms with Crippen LogP contribution in [-0.4, -0.2) is 52.6 Å². The number of methoxy groups -OCH3 is 1. The second kappa shape index (κ2) is 13.2. The van der Waals surface area contributed by atoms with Crippen molar-refractivity contribution in [2.24, 2.45) is 4.99 Å². The minimum Gasteiger partial charge on any atom is -0.496 e. The van der Waals surface area contributed by atoms with Gasteiger partial charge in [-0.2, -0.15) is 0 Å². The summed E-state index contributed by atoms with van der Waals surface area (Å²) >= 11 is 0. The molecule has 0 bridgehead atoms. The fourth-order valence-corrected chi connectivity index (χ4v) is 2.77. The topological polar surface area (TPSA) is 64.1 Å². The molecule has 0 atom stereocenters. The SMILES string of the molecule is CN=C(NCCCOC1CCOCC1)NCc1ccc(C)cc1OC.I. The van der Waals surface area contributed by atoms with Gasteiger partial charge in [0.05, 0.1) is 13.2 Å². The summed E-state index contributed by atoms with van der Waals surface area (Å²) in [6, 6.07) is 6.21. The Bertz CT molecular complexity index is 549. The van der Waals surface area contributed by atoms with Crippen LogP contribution in [0.3, 0.4) is 0 Å². The number of nitrogens with one attached hydrogen (secondary N) is 2. The van der Waals surface area contributed by atoms with Crippen LogP contribution < -0.4 is 15.4 Å². The number of halogens is 1. The zero-order valence-corrected chi connectivity index (χ0v) is 18.4. The summed E-state index contributed by atoms with van der Waals surface area (Å²) in [5.41, 5.74) is 2.30. The number of nitrogens with zero attached hydrogens (tertiary/aromatic N) is 1. The molecule has 6 nitrogen and oxygen atoms in total. The number of rotatable bonds is 8. The van der Waals surface area contributed by atoms with E-state index in [9.17, 15) is 0 Å². The summed E-state index contributed by atoms with van der Waals surface area (Å²) in [6.07, 6.45) is 3.33. The minimum atomic E-state index is 0. The molecule has 0 aliphatic carbocycles. The lowest BCUT2D eigenvalue weighted by molar-refractivity contribution is -0.0320. The van der Waals surface area contributed by atoms with Crippen molar-refractivity contribution in [3.05, 3.63) is 29.3 Å². The molecule has 1 aromatic rings. The summed E-state index contributed by atoms with van der Waals surface area (Å²) in [6.45, 7) is 5.96. The maximum Gasteiger partial charge on any atom is 0.191 e.